The van der Waals surface area contributed by atoms with Crippen molar-refractivity contribution in [1.29, 1.82) is 0 Å². The van der Waals surface area contributed by atoms with Gasteiger partial charge in [-0.15, -0.1) is 0 Å². The van der Waals surface area contributed by atoms with Crippen LogP contribution in [0.2, 0.25) is 0 Å². The van der Waals surface area contributed by atoms with Gasteiger partial charge in [0.25, 0.3) is 5.91 Å². The lowest BCUT2D eigenvalue weighted by atomic mass is 10.00. The molecule has 0 spiro atoms. The number of nitrogens with two attached hydrogens (primary N) is 2. The number of aliphatic hydroxyl groups excluding tert-OH is 1. The Hall–Kier alpha value is -6.11. The van der Waals surface area contributed by atoms with Gasteiger partial charge >= 0.3 is 0 Å². The van der Waals surface area contributed by atoms with Crippen LogP contribution in [0.15, 0.2) is 60.7 Å². The summed E-state index contributed by atoms with van der Waals surface area (Å²) in [4.78, 5) is 102. The third kappa shape index (κ3) is 14.3. The van der Waals surface area contributed by atoms with Crippen molar-refractivity contribution in [2.45, 2.75) is 159 Å². The van der Waals surface area contributed by atoms with E-state index in [1.165, 1.54) is 60.1 Å². The van der Waals surface area contributed by atoms with Gasteiger partial charge in [-0.3, -0.25) is 33.6 Å². The molecule has 70 heavy (non-hydrogen) atoms. The minimum Gasteiger partial charge on any atom is -0.508 e. The smallest absolute Gasteiger partial charge is 0.251 e. The van der Waals surface area contributed by atoms with Crippen molar-refractivity contribution in [3.8, 4) is 5.75 Å². The number of phenols is 1. The summed E-state index contributed by atoms with van der Waals surface area (Å²) in [6.45, 7) is 3.96. The van der Waals surface area contributed by atoms with Gasteiger partial charge in [0, 0.05) is 31.2 Å². The van der Waals surface area contributed by atoms with Crippen LogP contribution in [0.25, 0.3) is 10.8 Å². The molecule has 3 aliphatic heterocycles. The second-order valence-corrected chi connectivity index (χ2v) is 19.2. The molecule has 18 heteroatoms. The number of aryl methyl sites for hydroxylation is 2. The Bertz CT molecular complexity index is 2310. The molecule has 7 amide bonds. The molecule has 8 atom stereocenters. The first-order chi connectivity index (χ1) is 33.7. The normalized spacial score (nSPS) is 24.7. The molecule has 0 aliphatic carbocycles. The maximum Gasteiger partial charge on any atom is 0.251 e. The fourth-order valence-corrected chi connectivity index (χ4v) is 9.72. The fraction of sp³-hybridized carbons (Fsp3) is 0.558. The van der Waals surface area contributed by atoms with Crippen molar-refractivity contribution in [2.24, 2.45) is 11.5 Å². The van der Waals surface area contributed by atoms with Crippen LogP contribution < -0.4 is 38.1 Å². The summed E-state index contributed by atoms with van der Waals surface area (Å²) in [6.07, 6.45) is 7.26. The number of hydrogen-bond acceptors (Lipinski definition) is 11. The summed E-state index contributed by atoms with van der Waals surface area (Å²) in [6, 6.07) is 10.2. The van der Waals surface area contributed by atoms with Crippen LogP contribution >= 0.6 is 0 Å². The van der Waals surface area contributed by atoms with Crippen LogP contribution in [0, 0.1) is 0 Å². The summed E-state index contributed by atoms with van der Waals surface area (Å²) in [5.41, 5.74) is 14.5. The van der Waals surface area contributed by atoms with E-state index in [1.807, 2.05) is 12.1 Å². The summed E-state index contributed by atoms with van der Waals surface area (Å²) in [5.74, 6) is -4.32. The number of fused-ring (bicyclic) bond motifs is 3. The van der Waals surface area contributed by atoms with Gasteiger partial charge in [0.05, 0.1) is 6.10 Å². The Morgan fingerprint density at radius 3 is 2.20 bits per heavy atom. The molecule has 0 aromatic heterocycles. The number of phenolic OH excluding ortho intramolecular Hbond substituents is 1. The molecule has 380 valence electrons. The number of carbonyl (C=O) groups is 7. The van der Waals surface area contributed by atoms with Crippen molar-refractivity contribution < 1.29 is 43.8 Å². The van der Waals surface area contributed by atoms with Crippen molar-refractivity contribution in [1.82, 2.24) is 36.4 Å². The standard InChI is InChI=1S/C52H73N9O9/c1-3-4-5-6-7-11-34-15-19-36-29-37(21-20-35(36)28-34)46(64)56-40-13-9-26-55-49(67)44-30-38(54)31-61(44)51(69)42(12-8-25-53)58-47(65)41(24-18-33-16-22-39(63)23-17-33)57-50(68)43-14-10-27-60(43)52(70)45(32(2)62)59-48(40)66/h15-17,19-23,28-29,32,38,40-45,62-63H,3-14,18,24-27,30-31,53-54H2,1-2H3,(H,55,67)(H,56,64)(H,57,68)(H,58,65)(H,59,66)/t32?,38-,40-,41-,42-,43-,44-,45-/m0/s1. The molecule has 3 heterocycles. The molecule has 1 unspecified atom stereocenters. The largest absolute Gasteiger partial charge is 0.508 e. The number of benzene rings is 3. The zero-order valence-corrected chi connectivity index (χ0v) is 40.6. The number of amides is 7. The molecule has 3 aromatic carbocycles. The van der Waals surface area contributed by atoms with Crippen LogP contribution in [-0.2, 0) is 41.6 Å². The van der Waals surface area contributed by atoms with Crippen LogP contribution in [-0.4, -0.2) is 136 Å². The minimum atomic E-state index is -1.52. The third-order valence-corrected chi connectivity index (χ3v) is 13.7. The average Bonchev–Trinajstić information content (AvgIpc) is 4.01. The van der Waals surface area contributed by atoms with Gasteiger partial charge in [0.2, 0.25) is 35.4 Å². The van der Waals surface area contributed by atoms with Gasteiger partial charge in [0.15, 0.2) is 0 Å². The van der Waals surface area contributed by atoms with E-state index in [0.717, 1.165) is 29.2 Å². The van der Waals surface area contributed by atoms with Gasteiger partial charge in [-0.1, -0.05) is 69.0 Å². The first-order valence-electron chi connectivity index (χ1n) is 25.2. The SMILES string of the molecule is CCCCCCCc1ccc2cc(C(=O)N[C@H]3CCCNC(=O)[C@@H]4C[C@H](N)CN4C(=O)[C@H](CCCN)NC(=O)[C@H](CCc4ccc(O)cc4)NC(=O)[C@@H]4CCCN4C(=O)[C@H](C(C)O)NC3=O)ccc2c1. The molecule has 3 aromatic rings. The summed E-state index contributed by atoms with van der Waals surface area (Å²) in [7, 11) is 0. The highest BCUT2D eigenvalue weighted by molar-refractivity contribution is 6.02. The van der Waals surface area contributed by atoms with Crippen molar-refractivity contribution in [2.75, 3.05) is 26.2 Å². The van der Waals surface area contributed by atoms with Crippen LogP contribution in [0.5, 0.6) is 5.75 Å². The fourth-order valence-electron chi connectivity index (χ4n) is 9.72. The molecule has 0 saturated carbocycles. The van der Waals surface area contributed by atoms with E-state index in [2.05, 4.69) is 45.6 Å². The second kappa shape index (κ2) is 25.7. The van der Waals surface area contributed by atoms with E-state index in [4.69, 9.17) is 11.5 Å². The average molecular weight is 968 g/mol. The highest BCUT2D eigenvalue weighted by Crippen LogP contribution is 2.24. The Morgan fingerprint density at radius 1 is 0.743 bits per heavy atom. The number of nitrogens with one attached hydrogen (secondary N) is 5. The molecule has 6 rings (SSSR count). The van der Waals surface area contributed by atoms with E-state index in [9.17, 15) is 43.8 Å². The van der Waals surface area contributed by atoms with Gasteiger partial charge in [0.1, 0.15) is 42.0 Å². The molecule has 3 fully saturated rings. The molecule has 0 bridgehead atoms. The molecule has 3 saturated heterocycles. The highest BCUT2D eigenvalue weighted by Gasteiger charge is 2.43. The van der Waals surface area contributed by atoms with Crippen molar-refractivity contribution in [3.63, 3.8) is 0 Å². The zero-order chi connectivity index (χ0) is 50.3. The summed E-state index contributed by atoms with van der Waals surface area (Å²) >= 11 is 0. The minimum absolute atomic E-state index is 0.00800. The van der Waals surface area contributed by atoms with Crippen LogP contribution in [0.1, 0.15) is 119 Å². The Labute approximate surface area is 410 Å². The zero-order valence-electron chi connectivity index (χ0n) is 40.6. The predicted octanol–water partition coefficient (Wildman–Crippen LogP) is 2.19. The number of carbonyl (C=O) groups excluding carboxylic acids is 7. The van der Waals surface area contributed by atoms with Crippen LogP contribution in [0.4, 0.5) is 0 Å². The number of unbranched alkanes of at least 4 members (excludes halogenated alkanes) is 4. The van der Waals surface area contributed by atoms with E-state index >= 15 is 0 Å². The summed E-state index contributed by atoms with van der Waals surface area (Å²) < 4.78 is 0. The molecular formula is C52H73N9O9. The van der Waals surface area contributed by atoms with Gasteiger partial charge in [-0.2, -0.15) is 0 Å². The quantitative estimate of drug-likeness (QED) is 0.0997. The lowest BCUT2D eigenvalue weighted by Crippen LogP contribution is -2.61. The third-order valence-electron chi connectivity index (χ3n) is 13.7. The predicted molar refractivity (Wildman–Crippen MR) is 265 cm³/mol. The molecule has 11 N–H and O–H groups in total. The maximum absolute atomic E-state index is 14.4. The molecule has 18 nitrogen and oxygen atoms in total. The number of rotatable bonds is 15. The van der Waals surface area contributed by atoms with Gasteiger partial charge in [-0.05, 0) is 130 Å². The second-order valence-electron chi connectivity index (χ2n) is 19.2. The lowest BCUT2D eigenvalue weighted by molar-refractivity contribution is -0.144. The number of nitrogens with zero attached hydrogens (tertiary/aromatic N) is 2. The first kappa shape index (κ1) is 53.2. The number of aliphatic hydroxyl groups is 1. The van der Waals surface area contributed by atoms with Gasteiger partial charge < -0.3 is 58.1 Å². The lowest BCUT2D eigenvalue weighted by Gasteiger charge is -2.32. The first-order valence-corrected chi connectivity index (χ1v) is 25.2. The number of aromatic hydroxyl groups is 1. The maximum atomic E-state index is 14.4. The Balaban J connectivity index is 1.27. The van der Waals surface area contributed by atoms with E-state index in [-0.39, 0.29) is 76.9 Å². The Kier molecular flexibility index (Phi) is 19.5. The van der Waals surface area contributed by atoms with Gasteiger partial charge in [-0.25, -0.2) is 0 Å². The highest BCUT2D eigenvalue weighted by atomic mass is 16.3. The Morgan fingerprint density at radius 2 is 1.46 bits per heavy atom. The van der Waals surface area contributed by atoms with Crippen molar-refractivity contribution >= 4 is 52.1 Å². The van der Waals surface area contributed by atoms with Crippen molar-refractivity contribution in [3.05, 3.63) is 77.4 Å². The molecular weight excluding hydrogens is 895 g/mol. The van der Waals surface area contributed by atoms with E-state index in [0.29, 0.717) is 18.4 Å². The number of hydrogen-bond donors (Lipinski definition) is 9. The van der Waals surface area contributed by atoms with E-state index in [1.54, 1.807) is 24.3 Å². The summed E-state index contributed by atoms with van der Waals surface area (Å²) in [5, 5.41) is 36.7. The molecule has 0 radical (unpaired) electrons. The van der Waals surface area contributed by atoms with E-state index < -0.39 is 89.7 Å². The monoisotopic (exact) mass is 968 g/mol. The topological polar surface area (TPSA) is 279 Å². The van der Waals surface area contributed by atoms with Crippen LogP contribution in [0.3, 0.4) is 0 Å². The molecule has 3 aliphatic rings.